The van der Waals surface area contributed by atoms with Crippen LogP contribution in [0.5, 0.6) is 0 Å². The molecule has 1 aromatic rings. The Balaban J connectivity index is 3.35. The number of benzene rings is 1. The van der Waals surface area contributed by atoms with Gasteiger partial charge in [0, 0.05) is 18.3 Å². The van der Waals surface area contributed by atoms with Crippen LogP contribution in [0, 0.1) is 0 Å². The molecule has 1 N–H and O–H groups in total. The molecule has 108 valence electrons. The van der Waals surface area contributed by atoms with Crippen molar-refractivity contribution in [2.24, 2.45) is 0 Å². The standard InChI is InChI=1S/C14H20F3NO/c1-5-13(2,3)18(4)12-7-6-10(9-19)8-11(12)14(15,16)17/h6-8,19H,5,9H2,1-4H3. The molecule has 0 bridgehead atoms. The van der Waals surface area contributed by atoms with Gasteiger partial charge < -0.3 is 10.0 Å². The lowest BCUT2D eigenvalue weighted by Gasteiger charge is -2.38. The molecular formula is C14H20F3NO. The zero-order valence-electron chi connectivity index (χ0n) is 11.7. The lowest BCUT2D eigenvalue weighted by atomic mass is 9.97. The number of halogens is 3. The quantitative estimate of drug-likeness (QED) is 0.903. The third kappa shape index (κ3) is 3.41. The van der Waals surface area contributed by atoms with Crippen molar-refractivity contribution in [3.63, 3.8) is 0 Å². The summed E-state index contributed by atoms with van der Waals surface area (Å²) in [5.74, 6) is 0. The molecule has 2 nitrogen and oxygen atoms in total. The normalized spacial score (nSPS) is 12.6. The van der Waals surface area contributed by atoms with Gasteiger partial charge in [0.05, 0.1) is 12.2 Å². The molecule has 0 spiro atoms. The van der Waals surface area contributed by atoms with Crippen LogP contribution in [-0.4, -0.2) is 17.7 Å². The van der Waals surface area contributed by atoms with Crippen LogP contribution in [0.4, 0.5) is 18.9 Å². The molecule has 0 aromatic heterocycles. The average molecular weight is 275 g/mol. The summed E-state index contributed by atoms with van der Waals surface area (Å²) >= 11 is 0. The van der Waals surface area contributed by atoms with Gasteiger partial charge in [-0.15, -0.1) is 0 Å². The highest BCUT2D eigenvalue weighted by atomic mass is 19.4. The molecule has 0 aliphatic heterocycles. The lowest BCUT2D eigenvalue weighted by Crippen LogP contribution is -2.41. The monoisotopic (exact) mass is 275 g/mol. The molecular weight excluding hydrogens is 255 g/mol. The van der Waals surface area contributed by atoms with Gasteiger partial charge in [-0.3, -0.25) is 0 Å². The summed E-state index contributed by atoms with van der Waals surface area (Å²) in [5.41, 5.74) is -0.681. The molecule has 1 rings (SSSR count). The van der Waals surface area contributed by atoms with Crippen LogP contribution in [0.1, 0.15) is 38.3 Å². The van der Waals surface area contributed by atoms with Crippen LogP contribution < -0.4 is 4.90 Å². The molecule has 1 aromatic carbocycles. The molecule has 0 aliphatic carbocycles. The second kappa shape index (κ2) is 5.41. The van der Waals surface area contributed by atoms with Crippen molar-refractivity contribution in [3.8, 4) is 0 Å². The summed E-state index contributed by atoms with van der Waals surface area (Å²) in [7, 11) is 1.66. The third-order valence-electron chi connectivity index (χ3n) is 3.68. The van der Waals surface area contributed by atoms with Crippen molar-refractivity contribution in [1.29, 1.82) is 0 Å². The highest BCUT2D eigenvalue weighted by Gasteiger charge is 2.36. The van der Waals surface area contributed by atoms with E-state index in [-0.39, 0.29) is 16.8 Å². The molecule has 0 aliphatic rings. The number of aliphatic hydroxyl groups excluding tert-OH is 1. The van der Waals surface area contributed by atoms with Gasteiger partial charge in [-0.25, -0.2) is 0 Å². The largest absolute Gasteiger partial charge is 0.418 e. The third-order valence-corrected chi connectivity index (χ3v) is 3.68. The summed E-state index contributed by atoms with van der Waals surface area (Å²) in [6, 6.07) is 3.95. The first kappa shape index (κ1) is 15.8. The van der Waals surface area contributed by atoms with Crippen molar-refractivity contribution in [2.75, 3.05) is 11.9 Å². The van der Waals surface area contributed by atoms with Gasteiger partial charge in [0.2, 0.25) is 0 Å². The summed E-state index contributed by atoms with van der Waals surface area (Å²) in [6.45, 7) is 5.33. The number of nitrogens with zero attached hydrogens (tertiary/aromatic N) is 1. The summed E-state index contributed by atoms with van der Waals surface area (Å²) in [4.78, 5) is 1.64. The number of hydrogen-bond donors (Lipinski definition) is 1. The van der Waals surface area contributed by atoms with Crippen LogP contribution in [-0.2, 0) is 12.8 Å². The molecule has 0 saturated heterocycles. The molecule has 0 amide bonds. The van der Waals surface area contributed by atoms with E-state index >= 15 is 0 Å². The van der Waals surface area contributed by atoms with E-state index in [1.165, 1.54) is 12.1 Å². The van der Waals surface area contributed by atoms with Crippen molar-refractivity contribution in [1.82, 2.24) is 0 Å². The predicted octanol–water partition coefficient (Wildman–Crippen LogP) is 3.82. The minimum Gasteiger partial charge on any atom is -0.392 e. The Morgan fingerprint density at radius 1 is 1.21 bits per heavy atom. The van der Waals surface area contributed by atoms with Crippen LogP contribution in [0.2, 0.25) is 0 Å². The fourth-order valence-electron chi connectivity index (χ4n) is 1.76. The van der Waals surface area contributed by atoms with E-state index in [4.69, 9.17) is 5.11 Å². The minimum atomic E-state index is -4.43. The Labute approximate surface area is 111 Å². The van der Waals surface area contributed by atoms with E-state index in [1.807, 2.05) is 20.8 Å². The molecule has 0 fully saturated rings. The maximum atomic E-state index is 13.1. The fraction of sp³-hybridized carbons (Fsp3) is 0.571. The van der Waals surface area contributed by atoms with Crippen LogP contribution in [0.15, 0.2) is 18.2 Å². The average Bonchev–Trinajstić information content (AvgIpc) is 2.36. The van der Waals surface area contributed by atoms with E-state index < -0.39 is 18.3 Å². The van der Waals surface area contributed by atoms with E-state index in [1.54, 1.807) is 11.9 Å². The van der Waals surface area contributed by atoms with Gasteiger partial charge >= 0.3 is 6.18 Å². The first-order valence-corrected chi connectivity index (χ1v) is 6.18. The van der Waals surface area contributed by atoms with E-state index in [0.29, 0.717) is 0 Å². The second-order valence-corrected chi connectivity index (χ2v) is 5.23. The van der Waals surface area contributed by atoms with Gasteiger partial charge in [0.15, 0.2) is 0 Å². The maximum Gasteiger partial charge on any atom is 0.418 e. The smallest absolute Gasteiger partial charge is 0.392 e. The van der Waals surface area contributed by atoms with E-state index in [0.717, 1.165) is 12.5 Å². The minimum absolute atomic E-state index is 0.136. The lowest BCUT2D eigenvalue weighted by molar-refractivity contribution is -0.137. The first-order valence-electron chi connectivity index (χ1n) is 6.18. The number of rotatable bonds is 4. The Kier molecular flexibility index (Phi) is 4.50. The van der Waals surface area contributed by atoms with Crippen LogP contribution >= 0.6 is 0 Å². The highest BCUT2D eigenvalue weighted by Crippen LogP contribution is 2.39. The summed E-state index contributed by atoms with van der Waals surface area (Å²) in [5, 5.41) is 8.98. The highest BCUT2D eigenvalue weighted by molar-refractivity contribution is 5.57. The zero-order chi connectivity index (χ0) is 14.8. The van der Waals surface area contributed by atoms with Gasteiger partial charge in [-0.05, 0) is 38.0 Å². The van der Waals surface area contributed by atoms with Gasteiger partial charge in [0.1, 0.15) is 0 Å². The van der Waals surface area contributed by atoms with Gasteiger partial charge in [0.25, 0.3) is 0 Å². The molecule has 0 radical (unpaired) electrons. The summed E-state index contributed by atoms with van der Waals surface area (Å²) in [6.07, 6.45) is -3.71. The molecule has 0 heterocycles. The Morgan fingerprint density at radius 2 is 1.79 bits per heavy atom. The van der Waals surface area contributed by atoms with E-state index in [2.05, 4.69) is 0 Å². The second-order valence-electron chi connectivity index (χ2n) is 5.23. The number of aliphatic hydroxyl groups is 1. The molecule has 5 heteroatoms. The first-order chi connectivity index (χ1) is 8.63. The van der Waals surface area contributed by atoms with Crippen molar-refractivity contribution in [3.05, 3.63) is 29.3 Å². The molecule has 0 atom stereocenters. The van der Waals surface area contributed by atoms with Crippen LogP contribution in [0.25, 0.3) is 0 Å². The van der Waals surface area contributed by atoms with Gasteiger partial charge in [-0.1, -0.05) is 13.0 Å². The topological polar surface area (TPSA) is 23.5 Å². The van der Waals surface area contributed by atoms with Crippen LogP contribution in [0.3, 0.4) is 0 Å². The maximum absolute atomic E-state index is 13.1. The van der Waals surface area contributed by atoms with Crippen molar-refractivity contribution >= 4 is 5.69 Å². The number of alkyl halides is 3. The molecule has 0 unspecified atom stereocenters. The fourth-order valence-corrected chi connectivity index (χ4v) is 1.76. The SMILES string of the molecule is CCC(C)(C)N(C)c1ccc(CO)cc1C(F)(F)F. The zero-order valence-corrected chi connectivity index (χ0v) is 11.7. The summed E-state index contributed by atoms with van der Waals surface area (Å²) < 4.78 is 39.3. The number of hydrogen-bond acceptors (Lipinski definition) is 2. The number of anilines is 1. The Bertz CT molecular complexity index is 441. The Hall–Kier alpha value is -1.23. The Morgan fingerprint density at radius 3 is 2.21 bits per heavy atom. The predicted molar refractivity (Wildman–Crippen MR) is 70.1 cm³/mol. The van der Waals surface area contributed by atoms with Gasteiger partial charge in [-0.2, -0.15) is 13.2 Å². The molecule has 19 heavy (non-hydrogen) atoms. The van der Waals surface area contributed by atoms with Crippen molar-refractivity contribution in [2.45, 2.75) is 45.5 Å². The molecule has 0 saturated carbocycles. The van der Waals surface area contributed by atoms with E-state index in [9.17, 15) is 13.2 Å². The van der Waals surface area contributed by atoms with Crippen molar-refractivity contribution < 1.29 is 18.3 Å².